The van der Waals surface area contributed by atoms with Crippen molar-refractivity contribution in [2.24, 2.45) is 5.92 Å². The smallest absolute Gasteiger partial charge is 0.311 e. The molecule has 1 heterocycles. The van der Waals surface area contributed by atoms with Gasteiger partial charge in [0.05, 0.1) is 26.7 Å². The van der Waals surface area contributed by atoms with E-state index in [2.05, 4.69) is 10.7 Å². The molecule has 0 radical (unpaired) electrons. The highest BCUT2D eigenvalue weighted by molar-refractivity contribution is 5.97. The minimum atomic E-state index is -0.800. The summed E-state index contributed by atoms with van der Waals surface area (Å²) in [5.74, 6) is -2.12. The van der Waals surface area contributed by atoms with Gasteiger partial charge < -0.3 is 19.5 Å². The number of hydrogen-bond donors (Lipinski definition) is 2. The maximum Gasteiger partial charge on any atom is 0.311 e. The van der Waals surface area contributed by atoms with Gasteiger partial charge >= 0.3 is 5.97 Å². The Hall–Kier alpha value is -4.08. The van der Waals surface area contributed by atoms with Crippen LogP contribution in [-0.4, -0.2) is 56.1 Å². The monoisotopic (exact) mass is 469 g/mol. The number of benzene rings is 2. The number of para-hydroxylation sites is 1. The lowest BCUT2D eigenvalue weighted by molar-refractivity contribution is -0.151. The molecule has 3 rings (SSSR count). The number of nitrogens with zero attached hydrogens (tertiary/aromatic N) is 1. The van der Waals surface area contributed by atoms with Crippen LogP contribution in [-0.2, 0) is 19.1 Å². The highest BCUT2D eigenvalue weighted by Crippen LogP contribution is 2.28. The first-order chi connectivity index (χ1) is 16.2. The first-order valence-electron chi connectivity index (χ1n) is 10.6. The molecule has 1 aliphatic heterocycles. The average molecular weight is 469 g/mol. The third kappa shape index (κ3) is 5.64. The van der Waals surface area contributed by atoms with Crippen LogP contribution in [0.5, 0.6) is 11.5 Å². The van der Waals surface area contributed by atoms with Gasteiger partial charge in [0.15, 0.2) is 18.1 Å². The van der Waals surface area contributed by atoms with Crippen LogP contribution in [0.1, 0.15) is 27.9 Å². The fourth-order valence-electron chi connectivity index (χ4n) is 3.58. The number of rotatable bonds is 8. The molecule has 2 aromatic carbocycles. The minimum Gasteiger partial charge on any atom is -0.493 e. The summed E-state index contributed by atoms with van der Waals surface area (Å²) >= 11 is 0. The number of anilines is 1. The summed E-state index contributed by atoms with van der Waals surface area (Å²) in [6.45, 7) is 3.19. The maximum absolute atomic E-state index is 12.6. The van der Waals surface area contributed by atoms with Crippen molar-refractivity contribution < 1.29 is 33.4 Å². The topological polar surface area (TPSA) is 123 Å². The van der Waals surface area contributed by atoms with Gasteiger partial charge in [-0.15, -0.1) is 0 Å². The molecule has 2 aromatic rings. The first-order valence-corrected chi connectivity index (χ1v) is 10.6. The van der Waals surface area contributed by atoms with Crippen molar-refractivity contribution in [2.45, 2.75) is 20.3 Å². The second kappa shape index (κ2) is 10.7. The number of ether oxygens (including phenoxy) is 3. The SMILES string of the molecule is COc1ccc(C(=O)NN2C[C@@H](C(=O)OCC(=O)Nc3c(C)cccc3C)CC2=O)cc1OC. The number of methoxy groups -OCH3 is 2. The van der Waals surface area contributed by atoms with Crippen LogP contribution in [0.15, 0.2) is 36.4 Å². The summed E-state index contributed by atoms with van der Waals surface area (Å²) in [4.78, 5) is 49.5. The highest BCUT2D eigenvalue weighted by Gasteiger charge is 2.36. The Labute approximate surface area is 197 Å². The summed E-state index contributed by atoms with van der Waals surface area (Å²) in [6.07, 6.45) is -0.135. The van der Waals surface area contributed by atoms with Crippen molar-refractivity contribution in [3.63, 3.8) is 0 Å². The van der Waals surface area contributed by atoms with Gasteiger partial charge in [-0.3, -0.25) is 29.6 Å². The molecule has 1 atom stereocenters. The van der Waals surface area contributed by atoms with Gasteiger partial charge in [0.1, 0.15) is 0 Å². The zero-order chi connectivity index (χ0) is 24.8. The number of hydrazine groups is 1. The van der Waals surface area contributed by atoms with Gasteiger partial charge in [-0.05, 0) is 43.2 Å². The van der Waals surface area contributed by atoms with Crippen molar-refractivity contribution in [1.82, 2.24) is 10.4 Å². The standard InChI is InChI=1S/C24H27N3O7/c1-14-6-5-7-15(2)22(14)25-20(28)13-34-24(31)17-11-21(29)27(12-17)26-23(30)16-8-9-18(32-3)19(10-16)33-4/h5-10,17H,11-13H2,1-4H3,(H,25,28)(H,26,30)/t17-/m0/s1. The Bertz CT molecular complexity index is 1100. The lowest BCUT2D eigenvalue weighted by Gasteiger charge is -2.18. The Morgan fingerprint density at radius 3 is 2.35 bits per heavy atom. The lowest BCUT2D eigenvalue weighted by atomic mass is 10.1. The molecule has 3 amide bonds. The summed E-state index contributed by atoms with van der Waals surface area (Å²) in [7, 11) is 2.93. The second-order valence-corrected chi connectivity index (χ2v) is 7.84. The van der Waals surface area contributed by atoms with E-state index >= 15 is 0 Å². The maximum atomic E-state index is 12.6. The molecule has 0 bridgehead atoms. The van der Waals surface area contributed by atoms with E-state index in [1.807, 2.05) is 32.0 Å². The van der Waals surface area contributed by atoms with Crippen LogP contribution in [0.25, 0.3) is 0 Å². The summed E-state index contributed by atoms with van der Waals surface area (Å²) < 4.78 is 15.4. The van der Waals surface area contributed by atoms with E-state index < -0.39 is 36.2 Å². The molecule has 10 nitrogen and oxygen atoms in total. The molecule has 0 aliphatic carbocycles. The molecular weight excluding hydrogens is 442 g/mol. The third-order valence-corrected chi connectivity index (χ3v) is 5.43. The molecule has 0 spiro atoms. The van der Waals surface area contributed by atoms with E-state index in [9.17, 15) is 19.2 Å². The number of hydrogen-bond acceptors (Lipinski definition) is 7. The van der Waals surface area contributed by atoms with Crippen molar-refractivity contribution in [3.05, 3.63) is 53.1 Å². The van der Waals surface area contributed by atoms with Gasteiger partial charge in [0.25, 0.3) is 11.8 Å². The van der Waals surface area contributed by atoms with E-state index in [0.29, 0.717) is 17.2 Å². The molecule has 10 heteroatoms. The average Bonchev–Trinajstić information content (AvgIpc) is 3.19. The van der Waals surface area contributed by atoms with E-state index in [0.717, 1.165) is 16.1 Å². The molecule has 1 saturated heterocycles. The van der Waals surface area contributed by atoms with Crippen molar-refractivity contribution in [2.75, 3.05) is 32.7 Å². The zero-order valence-corrected chi connectivity index (χ0v) is 19.5. The molecule has 34 heavy (non-hydrogen) atoms. The van der Waals surface area contributed by atoms with Gasteiger partial charge in [0, 0.05) is 17.7 Å². The number of aryl methyl sites for hydroxylation is 2. The number of carbonyl (C=O) groups is 4. The molecule has 2 N–H and O–H groups in total. The van der Waals surface area contributed by atoms with Crippen LogP contribution >= 0.6 is 0 Å². The second-order valence-electron chi connectivity index (χ2n) is 7.84. The van der Waals surface area contributed by atoms with Crippen molar-refractivity contribution in [3.8, 4) is 11.5 Å². The summed E-state index contributed by atoms with van der Waals surface area (Å²) in [5, 5.41) is 3.81. The molecule has 0 aromatic heterocycles. The van der Waals surface area contributed by atoms with E-state index in [-0.39, 0.29) is 18.5 Å². The first kappa shape index (κ1) is 24.6. The van der Waals surface area contributed by atoms with Gasteiger partial charge in [-0.1, -0.05) is 18.2 Å². The fourth-order valence-corrected chi connectivity index (χ4v) is 3.58. The number of nitrogens with one attached hydrogen (secondary N) is 2. The molecule has 0 unspecified atom stereocenters. The Morgan fingerprint density at radius 1 is 1.03 bits per heavy atom. The Morgan fingerprint density at radius 2 is 1.71 bits per heavy atom. The zero-order valence-electron chi connectivity index (χ0n) is 19.5. The van der Waals surface area contributed by atoms with E-state index in [1.165, 1.54) is 26.4 Å². The Balaban J connectivity index is 1.53. The van der Waals surface area contributed by atoms with Crippen LogP contribution in [0.2, 0.25) is 0 Å². The molecule has 180 valence electrons. The van der Waals surface area contributed by atoms with Crippen LogP contribution in [0, 0.1) is 19.8 Å². The molecule has 1 aliphatic rings. The van der Waals surface area contributed by atoms with E-state index in [4.69, 9.17) is 14.2 Å². The van der Waals surface area contributed by atoms with Crippen LogP contribution in [0.3, 0.4) is 0 Å². The Kier molecular flexibility index (Phi) is 7.72. The van der Waals surface area contributed by atoms with E-state index in [1.54, 1.807) is 6.07 Å². The number of esters is 1. The number of amides is 3. The van der Waals surface area contributed by atoms with Gasteiger partial charge in [-0.2, -0.15) is 0 Å². The predicted octanol–water partition coefficient (Wildman–Crippen LogP) is 2.00. The fraction of sp³-hybridized carbons (Fsp3) is 0.333. The quantitative estimate of drug-likeness (QED) is 0.567. The highest BCUT2D eigenvalue weighted by atomic mass is 16.5. The van der Waals surface area contributed by atoms with Crippen LogP contribution < -0.4 is 20.2 Å². The molecule has 1 fully saturated rings. The van der Waals surface area contributed by atoms with Crippen molar-refractivity contribution >= 4 is 29.4 Å². The van der Waals surface area contributed by atoms with Gasteiger partial charge in [-0.25, -0.2) is 0 Å². The minimum absolute atomic E-state index is 0.0603. The van der Waals surface area contributed by atoms with Gasteiger partial charge in [0.2, 0.25) is 5.91 Å². The van der Waals surface area contributed by atoms with Crippen LogP contribution in [0.4, 0.5) is 5.69 Å². The summed E-state index contributed by atoms with van der Waals surface area (Å²) in [6, 6.07) is 10.2. The molecular formula is C24H27N3O7. The molecule has 0 saturated carbocycles. The number of carbonyl (C=O) groups excluding carboxylic acids is 4. The summed E-state index contributed by atoms with van der Waals surface area (Å²) in [5.41, 5.74) is 5.19. The third-order valence-electron chi connectivity index (χ3n) is 5.43. The normalized spacial score (nSPS) is 15.0. The predicted molar refractivity (Wildman–Crippen MR) is 122 cm³/mol. The van der Waals surface area contributed by atoms with Crippen molar-refractivity contribution in [1.29, 1.82) is 0 Å². The lowest BCUT2D eigenvalue weighted by Crippen LogP contribution is -2.43. The largest absolute Gasteiger partial charge is 0.493 e.